The van der Waals surface area contributed by atoms with Crippen molar-refractivity contribution in [1.82, 2.24) is 9.97 Å². The zero-order valence-electron chi connectivity index (χ0n) is 22.1. The van der Waals surface area contributed by atoms with E-state index in [1.54, 1.807) is 0 Å². The lowest BCUT2D eigenvalue weighted by atomic mass is 9.87. The van der Waals surface area contributed by atoms with E-state index in [1.807, 2.05) is 12.1 Å². The predicted molar refractivity (Wildman–Crippen MR) is 171 cm³/mol. The highest BCUT2D eigenvalue weighted by molar-refractivity contribution is 6.20. The summed E-state index contributed by atoms with van der Waals surface area (Å²) in [7, 11) is 0. The maximum atomic E-state index is 5.38. The SMILES string of the molecule is c1ccc2c(-c3nc4ccccc4nc3N3c4ccc5ccccc5c4-c4cccc5cccc3c45)cccc2c1. The van der Waals surface area contributed by atoms with Crippen LogP contribution in [0.25, 0.3) is 65.7 Å². The van der Waals surface area contributed by atoms with Crippen LogP contribution in [0.2, 0.25) is 0 Å². The third kappa shape index (κ3) is 3.20. The molecule has 0 bridgehead atoms. The Bertz CT molecular complexity index is 2330. The van der Waals surface area contributed by atoms with Gasteiger partial charge in [0.2, 0.25) is 0 Å². The molecule has 7 aromatic carbocycles. The number of aromatic nitrogens is 2. The van der Waals surface area contributed by atoms with E-state index in [4.69, 9.17) is 9.97 Å². The monoisotopic (exact) mass is 521 g/mol. The van der Waals surface area contributed by atoms with Gasteiger partial charge in [0.15, 0.2) is 5.82 Å². The van der Waals surface area contributed by atoms with Crippen molar-refractivity contribution >= 4 is 60.5 Å². The van der Waals surface area contributed by atoms with E-state index >= 15 is 0 Å². The minimum absolute atomic E-state index is 0.832. The maximum Gasteiger partial charge on any atom is 0.165 e. The summed E-state index contributed by atoms with van der Waals surface area (Å²) in [5, 5.41) is 7.25. The van der Waals surface area contributed by atoms with E-state index in [-0.39, 0.29) is 0 Å². The Hall–Kier alpha value is -5.54. The molecule has 3 nitrogen and oxygen atoms in total. The number of rotatable bonds is 2. The summed E-state index contributed by atoms with van der Waals surface area (Å²) in [6, 6.07) is 49.5. The number of para-hydroxylation sites is 2. The summed E-state index contributed by atoms with van der Waals surface area (Å²) in [5.41, 5.74) is 8.41. The first-order valence-electron chi connectivity index (χ1n) is 13.9. The Morgan fingerprint density at radius 2 is 1.02 bits per heavy atom. The second kappa shape index (κ2) is 8.48. The molecule has 3 heteroatoms. The third-order valence-corrected chi connectivity index (χ3v) is 8.35. The molecule has 0 fully saturated rings. The highest BCUT2D eigenvalue weighted by Gasteiger charge is 2.30. The lowest BCUT2D eigenvalue weighted by Crippen LogP contribution is -2.18. The minimum atomic E-state index is 0.832. The minimum Gasteiger partial charge on any atom is -0.292 e. The summed E-state index contributed by atoms with van der Waals surface area (Å²) in [5.74, 6) is 0.832. The zero-order valence-corrected chi connectivity index (χ0v) is 22.1. The van der Waals surface area contributed by atoms with E-state index in [1.165, 1.54) is 38.1 Å². The topological polar surface area (TPSA) is 29.0 Å². The quantitative estimate of drug-likeness (QED) is 0.227. The molecule has 1 aliphatic heterocycles. The Balaban J connectivity index is 1.46. The van der Waals surface area contributed by atoms with Gasteiger partial charge in [0.05, 0.1) is 22.4 Å². The normalized spacial score (nSPS) is 12.3. The van der Waals surface area contributed by atoms with E-state index in [0.29, 0.717) is 0 Å². The molecular formula is C38H23N3. The lowest BCUT2D eigenvalue weighted by molar-refractivity contribution is 1.18. The van der Waals surface area contributed by atoms with Crippen LogP contribution in [0.15, 0.2) is 140 Å². The molecule has 0 spiro atoms. The fraction of sp³-hybridized carbons (Fsp3) is 0. The number of fused-ring (bicyclic) bond motifs is 6. The van der Waals surface area contributed by atoms with Crippen LogP contribution in [-0.4, -0.2) is 9.97 Å². The van der Waals surface area contributed by atoms with E-state index in [0.717, 1.165) is 44.9 Å². The molecule has 0 aliphatic carbocycles. The van der Waals surface area contributed by atoms with Crippen molar-refractivity contribution in [2.45, 2.75) is 0 Å². The molecule has 0 unspecified atom stereocenters. The zero-order chi connectivity index (χ0) is 26.9. The molecule has 8 aromatic rings. The number of hydrogen-bond donors (Lipinski definition) is 0. The smallest absolute Gasteiger partial charge is 0.165 e. The fourth-order valence-electron chi connectivity index (χ4n) is 6.56. The van der Waals surface area contributed by atoms with Gasteiger partial charge >= 0.3 is 0 Å². The van der Waals surface area contributed by atoms with Crippen LogP contribution >= 0.6 is 0 Å². The highest BCUT2D eigenvalue weighted by Crippen LogP contribution is 2.54. The number of anilines is 3. The summed E-state index contributed by atoms with van der Waals surface area (Å²) in [6.45, 7) is 0. The van der Waals surface area contributed by atoms with Crippen molar-refractivity contribution in [1.29, 1.82) is 0 Å². The molecular weight excluding hydrogens is 498 g/mol. The van der Waals surface area contributed by atoms with Crippen LogP contribution in [-0.2, 0) is 0 Å². The van der Waals surface area contributed by atoms with Crippen LogP contribution in [0, 0.1) is 0 Å². The van der Waals surface area contributed by atoms with E-state index in [9.17, 15) is 0 Å². The van der Waals surface area contributed by atoms with Gasteiger partial charge in [0.1, 0.15) is 5.69 Å². The number of hydrogen-bond acceptors (Lipinski definition) is 3. The maximum absolute atomic E-state index is 5.38. The number of benzene rings is 7. The molecule has 0 N–H and O–H groups in total. The first kappa shape index (κ1) is 22.3. The molecule has 9 rings (SSSR count). The summed E-state index contributed by atoms with van der Waals surface area (Å²) in [4.78, 5) is 13.0. The van der Waals surface area contributed by atoms with Crippen molar-refractivity contribution in [3.05, 3.63) is 140 Å². The van der Waals surface area contributed by atoms with Gasteiger partial charge in [-0.2, -0.15) is 0 Å². The van der Waals surface area contributed by atoms with Crippen LogP contribution in [0.4, 0.5) is 17.2 Å². The Kier molecular flexibility index (Phi) is 4.61. The second-order valence-electron chi connectivity index (χ2n) is 10.6. The van der Waals surface area contributed by atoms with Crippen molar-refractivity contribution in [2.75, 3.05) is 4.90 Å². The summed E-state index contributed by atoms with van der Waals surface area (Å²) >= 11 is 0. The van der Waals surface area contributed by atoms with Gasteiger partial charge in [-0.3, -0.25) is 4.90 Å². The molecule has 1 aliphatic rings. The molecule has 0 saturated carbocycles. The Labute approximate surface area is 237 Å². The molecule has 0 radical (unpaired) electrons. The van der Waals surface area contributed by atoms with Gasteiger partial charge in [-0.05, 0) is 56.8 Å². The third-order valence-electron chi connectivity index (χ3n) is 8.35. The van der Waals surface area contributed by atoms with Crippen molar-refractivity contribution in [3.63, 3.8) is 0 Å². The molecule has 0 amide bonds. The highest BCUT2D eigenvalue weighted by atomic mass is 15.2. The lowest BCUT2D eigenvalue weighted by Gasteiger charge is -2.34. The molecule has 2 heterocycles. The second-order valence-corrected chi connectivity index (χ2v) is 10.6. The van der Waals surface area contributed by atoms with E-state index < -0.39 is 0 Å². The number of nitrogens with zero attached hydrogens (tertiary/aromatic N) is 3. The van der Waals surface area contributed by atoms with Crippen molar-refractivity contribution in [3.8, 4) is 22.4 Å². The van der Waals surface area contributed by atoms with Gasteiger partial charge in [-0.15, -0.1) is 0 Å². The average molecular weight is 522 g/mol. The molecule has 41 heavy (non-hydrogen) atoms. The average Bonchev–Trinajstić information content (AvgIpc) is 3.04. The van der Waals surface area contributed by atoms with Gasteiger partial charge in [-0.1, -0.05) is 115 Å². The van der Waals surface area contributed by atoms with Gasteiger partial charge < -0.3 is 0 Å². The fourth-order valence-corrected chi connectivity index (χ4v) is 6.56. The van der Waals surface area contributed by atoms with Gasteiger partial charge in [0, 0.05) is 16.5 Å². The molecule has 0 atom stereocenters. The van der Waals surface area contributed by atoms with Crippen LogP contribution in [0.3, 0.4) is 0 Å². The van der Waals surface area contributed by atoms with E-state index in [2.05, 4.69) is 132 Å². The molecule has 190 valence electrons. The largest absolute Gasteiger partial charge is 0.292 e. The van der Waals surface area contributed by atoms with Gasteiger partial charge in [0.25, 0.3) is 0 Å². The standard InChI is InChI=1S/C38H23N3/c1-3-15-27-24(10-1)12-7-17-29(27)37-38(40-32-20-6-5-19-31(32)39-37)41-33-21-9-14-26-13-8-18-30(35(26)33)36-28-16-4-2-11-25(28)22-23-34(36)41/h1-23H. The Morgan fingerprint density at radius 3 is 1.85 bits per heavy atom. The predicted octanol–water partition coefficient (Wildman–Crippen LogP) is 10.2. The molecule has 1 aromatic heterocycles. The van der Waals surface area contributed by atoms with Gasteiger partial charge in [-0.25, -0.2) is 9.97 Å². The van der Waals surface area contributed by atoms with Crippen LogP contribution < -0.4 is 4.90 Å². The first-order valence-corrected chi connectivity index (χ1v) is 13.9. The summed E-state index contributed by atoms with van der Waals surface area (Å²) < 4.78 is 0. The summed E-state index contributed by atoms with van der Waals surface area (Å²) in [6.07, 6.45) is 0. The van der Waals surface area contributed by atoms with Crippen molar-refractivity contribution < 1.29 is 0 Å². The first-order chi connectivity index (χ1) is 20.3. The van der Waals surface area contributed by atoms with Crippen molar-refractivity contribution in [2.24, 2.45) is 0 Å². The van der Waals surface area contributed by atoms with Crippen LogP contribution in [0.1, 0.15) is 0 Å². The molecule has 0 saturated heterocycles. The van der Waals surface area contributed by atoms with Crippen LogP contribution in [0.5, 0.6) is 0 Å². The Morgan fingerprint density at radius 1 is 0.415 bits per heavy atom.